The fourth-order valence-electron chi connectivity index (χ4n) is 2.11. The molecule has 0 bridgehead atoms. The number of aromatic nitrogens is 2. The number of aryl methyl sites for hydroxylation is 2. The highest BCUT2D eigenvalue weighted by molar-refractivity contribution is 7.21. The molecule has 1 amide bonds. The topological polar surface area (TPSA) is 95.9 Å². The van der Waals surface area contributed by atoms with E-state index in [9.17, 15) is 4.79 Å². The van der Waals surface area contributed by atoms with E-state index in [1.807, 2.05) is 13.8 Å². The zero-order valence-electron chi connectivity index (χ0n) is 12.5. The van der Waals surface area contributed by atoms with Crippen molar-refractivity contribution < 1.29 is 4.79 Å². The molecule has 0 radical (unpaired) electrons. The molecule has 21 heavy (non-hydrogen) atoms. The number of rotatable bonds is 3. The minimum absolute atomic E-state index is 0.186. The zero-order chi connectivity index (χ0) is 15.7. The van der Waals surface area contributed by atoms with Gasteiger partial charge in [0.1, 0.15) is 9.71 Å². The maximum absolute atomic E-state index is 12.5. The van der Waals surface area contributed by atoms with E-state index in [4.69, 9.17) is 11.0 Å². The van der Waals surface area contributed by atoms with Crippen molar-refractivity contribution in [3.63, 3.8) is 0 Å². The number of carbonyl (C=O) groups is 1. The highest BCUT2D eigenvalue weighted by Crippen LogP contribution is 2.35. The largest absolute Gasteiger partial charge is 0.397 e. The zero-order valence-corrected chi connectivity index (χ0v) is 13.3. The molecule has 0 spiro atoms. The summed E-state index contributed by atoms with van der Waals surface area (Å²) in [5, 5.41) is 17.8. The Morgan fingerprint density at radius 3 is 2.76 bits per heavy atom. The first-order valence-corrected chi connectivity index (χ1v) is 7.35. The van der Waals surface area contributed by atoms with Crippen molar-refractivity contribution in [2.24, 2.45) is 5.92 Å². The second kappa shape index (κ2) is 5.66. The Kier molecular flexibility index (Phi) is 4.09. The van der Waals surface area contributed by atoms with E-state index >= 15 is 0 Å². The molecule has 0 saturated carbocycles. The summed E-state index contributed by atoms with van der Waals surface area (Å²) in [6, 6.07) is 2.12. The lowest BCUT2D eigenvalue weighted by Gasteiger charge is -2.17. The number of nitrogens with zero attached hydrogens (tertiary/aromatic N) is 4. The highest BCUT2D eigenvalue weighted by atomic mass is 32.1. The van der Waals surface area contributed by atoms with Crippen molar-refractivity contribution in [3.8, 4) is 6.07 Å². The van der Waals surface area contributed by atoms with Gasteiger partial charge in [-0.25, -0.2) is 0 Å². The van der Waals surface area contributed by atoms with Crippen LogP contribution in [-0.4, -0.2) is 34.6 Å². The monoisotopic (exact) mass is 303 g/mol. The molecular formula is C14H17N5OS. The molecule has 2 aromatic rings. The van der Waals surface area contributed by atoms with Crippen LogP contribution in [-0.2, 0) is 0 Å². The Balaban J connectivity index is 2.44. The van der Waals surface area contributed by atoms with Crippen LogP contribution in [0.2, 0.25) is 0 Å². The van der Waals surface area contributed by atoms with Gasteiger partial charge < -0.3 is 10.6 Å². The van der Waals surface area contributed by atoms with Gasteiger partial charge in [-0.1, -0.05) is 0 Å². The molecule has 6 nitrogen and oxygen atoms in total. The molecule has 0 saturated heterocycles. The normalized spacial score (nSPS) is 12.1. The minimum Gasteiger partial charge on any atom is -0.397 e. The van der Waals surface area contributed by atoms with Crippen LogP contribution in [0.4, 0.5) is 5.69 Å². The second-order valence-electron chi connectivity index (χ2n) is 5.15. The van der Waals surface area contributed by atoms with E-state index in [2.05, 4.69) is 16.3 Å². The molecule has 7 heteroatoms. The van der Waals surface area contributed by atoms with Crippen molar-refractivity contribution in [2.45, 2.75) is 20.8 Å². The van der Waals surface area contributed by atoms with Gasteiger partial charge in [-0.3, -0.25) is 4.79 Å². The van der Waals surface area contributed by atoms with Crippen molar-refractivity contribution in [1.82, 2.24) is 15.1 Å². The molecule has 1 atom stereocenters. The number of amides is 1. The van der Waals surface area contributed by atoms with Crippen molar-refractivity contribution in [1.29, 1.82) is 5.26 Å². The smallest absolute Gasteiger partial charge is 0.265 e. The number of hydrogen-bond acceptors (Lipinski definition) is 6. The second-order valence-corrected chi connectivity index (χ2v) is 6.15. The van der Waals surface area contributed by atoms with Gasteiger partial charge in [-0.05, 0) is 26.3 Å². The van der Waals surface area contributed by atoms with Crippen LogP contribution in [0.1, 0.15) is 27.9 Å². The minimum atomic E-state index is -0.224. The van der Waals surface area contributed by atoms with Gasteiger partial charge in [0, 0.05) is 19.0 Å². The highest BCUT2D eigenvalue weighted by Gasteiger charge is 2.23. The van der Waals surface area contributed by atoms with Crippen molar-refractivity contribution >= 4 is 33.1 Å². The van der Waals surface area contributed by atoms with Crippen molar-refractivity contribution in [2.75, 3.05) is 19.3 Å². The Morgan fingerprint density at radius 2 is 2.14 bits per heavy atom. The van der Waals surface area contributed by atoms with E-state index in [0.717, 1.165) is 16.6 Å². The third-order valence-electron chi connectivity index (χ3n) is 3.44. The molecule has 0 aromatic carbocycles. The van der Waals surface area contributed by atoms with Gasteiger partial charge in [0.05, 0.1) is 23.4 Å². The molecule has 0 aliphatic heterocycles. The average molecular weight is 303 g/mol. The molecule has 2 heterocycles. The van der Waals surface area contributed by atoms with Crippen LogP contribution in [0.3, 0.4) is 0 Å². The fourth-order valence-corrected chi connectivity index (χ4v) is 3.20. The average Bonchev–Trinajstić information content (AvgIpc) is 2.79. The first-order valence-electron chi connectivity index (χ1n) is 6.53. The van der Waals surface area contributed by atoms with Crippen LogP contribution in [0.25, 0.3) is 10.2 Å². The number of fused-ring (bicyclic) bond motifs is 1. The quantitative estimate of drug-likeness (QED) is 0.937. The predicted octanol–water partition coefficient (Wildman–Crippen LogP) is 2.12. The number of anilines is 1. The molecule has 0 aliphatic rings. The molecule has 110 valence electrons. The van der Waals surface area contributed by atoms with Crippen LogP contribution in [0, 0.1) is 31.1 Å². The van der Waals surface area contributed by atoms with Crippen LogP contribution < -0.4 is 5.73 Å². The molecular weight excluding hydrogens is 286 g/mol. The first-order chi connectivity index (χ1) is 9.86. The number of nitrogen functional groups attached to an aromatic ring is 1. The lowest BCUT2D eigenvalue weighted by Crippen LogP contribution is -2.30. The SMILES string of the molecule is Cc1nnc2sc(C(=O)N(C)CC(C)C#N)c(N)c2c1C. The number of carbonyl (C=O) groups excluding carboxylic acids is 1. The maximum Gasteiger partial charge on any atom is 0.265 e. The van der Waals surface area contributed by atoms with E-state index in [1.54, 1.807) is 14.0 Å². The maximum atomic E-state index is 12.5. The third kappa shape index (κ3) is 2.67. The third-order valence-corrected chi connectivity index (χ3v) is 4.52. The molecule has 2 N–H and O–H groups in total. The summed E-state index contributed by atoms with van der Waals surface area (Å²) >= 11 is 1.25. The Bertz CT molecular complexity index is 746. The Labute approximate surface area is 127 Å². The molecule has 0 fully saturated rings. The molecule has 2 aromatic heterocycles. The summed E-state index contributed by atoms with van der Waals surface area (Å²) < 4.78 is 0. The Hall–Kier alpha value is -2.20. The van der Waals surface area contributed by atoms with E-state index in [0.29, 0.717) is 21.9 Å². The number of hydrogen-bond donors (Lipinski definition) is 1. The molecule has 2 rings (SSSR count). The van der Waals surface area contributed by atoms with Gasteiger partial charge in [-0.2, -0.15) is 10.4 Å². The fraction of sp³-hybridized carbons (Fsp3) is 0.429. The lowest BCUT2D eigenvalue weighted by atomic mass is 10.1. The van der Waals surface area contributed by atoms with Gasteiger partial charge in [0.25, 0.3) is 5.91 Å². The van der Waals surface area contributed by atoms with Gasteiger partial charge in [0.2, 0.25) is 0 Å². The predicted molar refractivity (Wildman–Crippen MR) is 83.0 cm³/mol. The standard InChI is InChI=1S/C14H17N5OS/c1-7(5-15)6-19(4)14(20)12-11(16)10-8(2)9(3)17-18-13(10)21-12/h7H,6,16H2,1-4H3. The summed E-state index contributed by atoms with van der Waals surface area (Å²) in [5.41, 5.74) is 8.34. The number of thiophene rings is 1. The summed E-state index contributed by atoms with van der Waals surface area (Å²) in [6.07, 6.45) is 0. The lowest BCUT2D eigenvalue weighted by molar-refractivity contribution is 0.0791. The van der Waals surface area contributed by atoms with Gasteiger partial charge >= 0.3 is 0 Å². The van der Waals surface area contributed by atoms with Crippen molar-refractivity contribution in [3.05, 3.63) is 16.1 Å². The summed E-state index contributed by atoms with van der Waals surface area (Å²) in [7, 11) is 1.67. The summed E-state index contributed by atoms with van der Waals surface area (Å²) in [5.74, 6) is -0.409. The number of nitrogens with two attached hydrogens (primary N) is 1. The van der Waals surface area contributed by atoms with E-state index in [1.165, 1.54) is 16.2 Å². The van der Waals surface area contributed by atoms with Crippen LogP contribution in [0.5, 0.6) is 0 Å². The van der Waals surface area contributed by atoms with E-state index in [-0.39, 0.29) is 11.8 Å². The molecule has 1 unspecified atom stereocenters. The summed E-state index contributed by atoms with van der Waals surface area (Å²) in [4.78, 5) is 15.1. The summed E-state index contributed by atoms with van der Waals surface area (Å²) in [6.45, 7) is 5.93. The Morgan fingerprint density at radius 1 is 1.48 bits per heavy atom. The first kappa shape index (κ1) is 15.2. The van der Waals surface area contributed by atoms with Crippen LogP contribution in [0.15, 0.2) is 0 Å². The van der Waals surface area contributed by atoms with E-state index < -0.39 is 0 Å². The number of nitriles is 1. The van der Waals surface area contributed by atoms with Gasteiger partial charge in [-0.15, -0.1) is 16.4 Å². The van der Waals surface area contributed by atoms with Crippen LogP contribution >= 0.6 is 11.3 Å². The van der Waals surface area contributed by atoms with Gasteiger partial charge in [0.15, 0.2) is 0 Å². The molecule has 0 aliphatic carbocycles.